The van der Waals surface area contributed by atoms with Gasteiger partial charge in [-0.15, -0.1) is 0 Å². The Morgan fingerprint density at radius 2 is 2.00 bits per heavy atom. The SMILES string of the molecule is COc1ccccc1-c1nc(C(=O)N2CCCC2)n2ccncc12. The Morgan fingerprint density at radius 3 is 2.79 bits per heavy atom. The van der Waals surface area contributed by atoms with Gasteiger partial charge < -0.3 is 9.64 Å². The van der Waals surface area contributed by atoms with E-state index in [9.17, 15) is 4.79 Å². The van der Waals surface area contributed by atoms with Gasteiger partial charge in [0, 0.05) is 31.0 Å². The Morgan fingerprint density at radius 1 is 1.21 bits per heavy atom. The van der Waals surface area contributed by atoms with Gasteiger partial charge in [0.15, 0.2) is 0 Å². The van der Waals surface area contributed by atoms with Crippen LogP contribution in [0.2, 0.25) is 0 Å². The lowest BCUT2D eigenvalue weighted by Gasteiger charge is -2.13. The van der Waals surface area contributed by atoms with E-state index >= 15 is 0 Å². The minimum absolute atomic E-state index is 0.0325. The highest BCUT2D eigenvalue weighted by atomic mass is 16.5. The maximum Gasteiger partial charge on any atom is 0.290 e. The van der Waals surface area contributed by atoms with Gasteiger partial charge in [-0.05, 0) is 25.0 Å². The highest BCUT2D eigenvalue weighted by Gasteiger charge is 2.26. The minimum atomic E-state index is -0.0325. The fourth-order valence-electron chi connectivity index (χ4n) is 3.19. The Labute approximate surface area is 139 Å². The molecule has 1 aliphatic heterocycles. The number of amides is 1. The Bertz CT molecular complexity index is 897. The standard InChI is InChI=1S/C18H18N4O2/c1-24-15-7-3-2-6-13(15)16-14-12-19-8-11-22(14)17(20-16)18(23)21-9-4-5-10-21/h2-3,6-8,11-12H,4-5,9-10H2,1H3. The number of hydrogen-bond acceptors (Lipinski definition) is 4. The van der Waals surface area contributed by atoms with Crippen LogP contribution >= 0.6 is 0 Å². The van der Waals surface area contributed by atoms with Gasteiger partial charge in [-0.2, -0.15) is 0 Å². The van der Waals surface area contributed by atoms with Crippen LogP contribution in [0, 0.1) is 0 Å². The topological polar surface area (TPSA) is 59.7 Å². The summed E-state index contributed by atoms with van der Waals surface area (Å²) in [6.45, 7) is 1.59. The normalized spacial score (nSPS) is 14.3. The Hall–Kier alpha value is -2.89. The summed E-state index contributed by atoms with van der Waals surface area (Å²) in [6, 6.07) is 7.67. The molecule has 0 spiro atoms. The van der Waals surface area contributed by atoms with Crippen molar-refractivity contribution < 1.29 is 9.53 Å². The fraction of sp³-hybridized carbons (Fsp3) is 0.278. The molecule has 1 amide bonds. The third kappa shape index (κ3) is 2.31. The number of ether oxygens (including phenoxy) is 1. The van der Waals surface area contributed by atoms with E-state index in [1.54, 1.807) is 25.7 Å². The van der Waals surface area contributed by atoms with Crippen LogP contribution in [0.4, 0.5) is 0 Å². The third-order valence-corrected chi connectivity index (χ3v) is 4.39. The summed E-state index contributed by atoms with van der Waals surface area (Å²) in [4.78, 5) is 23.6. The number of imidazole rings is 1. The van der Waals surface area contributed by atoms with E-state index < -0.39 is 0 Å². The lowest BCUT2D eigenvalue weighted by molar-refractivity contribution is 0.0780. The van der Waals surface area contributed by atoms with Crippen molar-refractivity contribution in [2.24, 2.45) is 0 Å². The number of likely N-dealkylation sites (tertiary alicyclic amines) is 1. The molecule has 0 bridgehead atoms. The van der Waals surface area contributed by atoms with Crippen LogP contribution in [0.5, 0.6) is 5.75 Å². The first-order valence-corrected chi connectivity index (χ1v) is 8.04. The highest BCUT2D eigenvalue weighted by Crippen LogP contribution is 2.32. The molecule has 1 aliphatic rings. The lowest BCUT2D eigenvalue weighted by atomic mass is 10.1. The van der Waals surface area contributed by atoms with Gasteiger partial charge >= 0.3 is 0 Å². The summed E-state index contributed by atoms with van der Waals surface area (Å²) in [5, 5.41) is 0. The summed E-state index contributed by atoms with van der Waals surface area (Å²) < 4.78 is 7.27. The van der Waals surface area contributed by atoms with Crippen molar-refractivity contribution >= 4 is 11.4 Å². The summed E-state index contributed by atoms with van der Waals surface area (Å²) in [7, 11) is 1.63. The molecular formula is C18H18N4O2. The van der Waals surface area contributed by atoms with Crippen molar-refractivity contribution in [1.82, 2.24) is 19.3 Å². The van der Waals surface area contributed by atoms with Crippen molar-refractivity contribution in [3.8, 4) is 17.0 Å². The van der Waals surface area contributed by atoms with Crippen molar-refractivity contribution in [3.63, 3.8) is 0 Å². The van der Waals surface area contributed by atoms with Crippen molar-refractivity contribution in [1.29, 1.82) is 0 Å². The zero-order valence-corrected chi connectivity index (χ0v) is 13.5. The molecule has 0 saturated carbocycles. The summed E-state index contributed by atoms with van der Waals surface area (Å²) >= 11 is 0. The average Bonchev–Trinajstić information content (AvgIpc) is 3.29. The first-order valence-electron chi connectivity index (χ1n) is 8.04. The van der Waals surface area contributed by atoms with Gasteiger partial charge in [-0.1, -0.05) is 12.1 Å². The molecule has 1 aromatic carbocycles. The van der Waals surface area contributed by atoms with E-state index in [0.29, 0.717) is 11.5 Å². The van der Waals surface area contributed by atoms with E-state index in [0.717, 1.165) is 42.8 Å². The second-order valence-corrected chi connectivity index (χ2v) is 5.82. The number of para-hydroxylation sites is 1. The van der Waals surface area contributed by atoms with E-state index in [2.05, 4.69) is 9.97 Å². The molecule has 0 radical (unpaired) electrons. The van der Waals surface area contributed by atoms with Crippen LogP contribution in [-0.2, 0) is 0 Å². The van der Waals surface area contributed by atoms with Gasteiger partial charge in [0.25, 0.3) is 5.91 Å². The fourth-order valence-corrected chi connectivity index (χ4v) is 3.19. The van der Waals surface area contributed by atoms with Gasteiger partial charge in [0.1, 0.15) is 11.4 Å². The molecular weight excluding hydrogens is 304 g/mol. The molecule has 0 atom stereocenters. The Kier molecular flexibility index (Phi) is 3.65. The van der Waals surface area contributed by atoms with E-state index in [1.165, 1.54) is 0 Å². The molecule has 6 nitrogen and oxygen atoms in total. The van der Waals surface area contributed by atoms with Crippen LogP contribution in [0.15, 0.2) is 42.9 Å². The van der Waals surface area contributed by atoms with E-state index in [4.69, 9.17) is 4.74 Å². The number of hydrogen-bond donors (Lipinski definition) is 0. The second-order valence-electron chi connectivity index (χ2n) is 5.82. The number of fused-ring (bicyclic) bond motifs is 1. The van der Waals surface area contributed by atoms with Gasteiger partial charge in [0.05, 0.1) is 18.8 Å². The van der Waals surface area contributed by atoms with E-state index in [1.807, 2.05) is 33.6 Å². The van der Waals surface area contributed by atoms with E-state index in [-0.39, 0.29) is 5.91 Å². The first-order chi connectivity index (χ1) is 11.8. The molecule has 1 fully saturated rings. The summed E-state index contributed by atoms with van der Waals surface area (Å²) in [6.07, 6.45) is 7.29. The predicted octanol–water partition coefficient (Wildman–Crippen LogP) is 2.64. The van der Waals surface area contributed by atoms with Crippen LogP contribution in [0.1, 0.15) is 23.5 Å². The number of carbonyl (C=O) groups is 1. The van der Waals surface area contributed by atoms with Crippen molar-refractivity contribution in [2.75, 3.05) is 20.2 Å². The monoisotopic (exact) mass is 322 g/mol. The molecule has 3 heterocycles. The van der Waals surface area contributed by atoms with Crippen molar-refractivity contribution in [3.05, 3.63) is 48.7 Å². The summed E-state index contributed by atoms with van der Waals surface area (Å²) in [5.74, 6) is 1.12. The van der Waals surface area contributed by atoms with Gasteiger partial charge in [-0.25, -0.2) is 4.98 Å². The molecule has 24 heavy (non-hydrogen) atoms. The van der Waals surface area contributed by atoms with Crippen LogP contribution in [-0.4, -0.2) is 45.4 Å². The number of carbonyl (C=O) groups excluding carboxylic acids is 1. The molecule has 2 aromatic heterocycles. The molecule has 6 heteroatoms. The predicted molar refractivity (Wildman–Crippen MR) is 90.1 cm³/mol. The number of nitrogens with zero attached hydrogens (tertiary/aromatic N) is 4. The smallest absolute Gasteiger partial charge is 0.290 e. The average molecular weight is 322 g/mol. The third-order valence-electron chi connectivity index (χ3n) is 4.39. The zero-order chi connectivity index (χ0) is 16.5. The molecule has 4 rings (SSSR count). The van der Waals surface area contributed by atoms with Gasteiger partial charge in [-0.3, -0.25) is 14.2 Å². The molecule has 0 N–H and O–H groups in total. The molecule has 0 aliphatic carbocycles. The highest BCUT2D eigenvalue weighted by molar-refractivity contribution is 5.95. The zero-order valence-electron chi connectivity index (χ0n) is 13.5. The lowest BCUT2D eigenvalue weighted by Crippen LogP contribution is -2.29. The Balaban J connectivity index is 1.90. The maximum atomic E-state index is 12.9. The van der Waals surface area contributed by atoms with Crippen LogP contribution in [0.3, 0.4) is 0 Å². The second kappa shape index (κ2) is 5.96. The number of aromatic nitrogens is 3. The quantitative estimate of drug-likeness (QED) is 0.744. The number of rotatable bonds is 3. The van der Waals surface area contributed by atoms with Crippen LogP contribution in [0.25, 0.3) is 16.8 Å². The molecule has 3 aromatic rings. The minimum Gasteiger partial charge on any atom is -0.496 e. The molecule has 122 valence electrons. The maximum absolute atomic E-state index is 12.9. The first kappa shape index (κ1) is 14.7. The summed E-state index contributed by atoms with van der Waals surface area (Å²) in [5.41, 5.74) is 2.36. The molecule has 1 saturated heterocycles. The van der Waals surface area contributed by atoms with Crippen molar-refractivity contribution in [2.45, 2.75) is 12.8 Å². The number of benzene rings is 1. The van der Waals surface area contributed by atoms with Gasteiger partial charge in [0.2, 0.25) is 5.82 Å². The van der Waals surface area contributed by atoms with Crippen LogP contribution < -0.4 is 4.74 Å². The molecule has 0 unspecified atom stereocenters. The largest absolute Gasteiger partial charge is 0.496 e. The number of methoxy groups -OCH3 is 1.